The van der Waals surface area contributed by atoms with Gasteiger partial charge in [-0.15, -0.1) is 0 Å². The van der Waals surface area contributed by atoms with Crippen LogP contribution < -0.4 is 16.6 Å². The number of thioether (sulfide) groups is 1. The summed E-state index contributed by atoms with van der Waals surface area (Å²) in [6.45, 7) is 1.68. The van der Waals surface area contributed by atoms with Crippen LogP contribution in [0.3, 0.4) is 0 Å². The monoisotopic (exact) mass is 371 g/mol. The highest BCUT2D eigenvalue weighted by atomic mass is 32.2. The zero-order valence-corrected chi connectivity index (χ0v) is 15.3. The van der Waals surface area contributed by atoms with Gasteiger partial charge in [0.1, 0.15) is 16.2 Å². The van der Waals surface area contributed by atoms with Gasteiger partial charge in [0.05, 0.1) is 5.75 Å². The number of nitrogens with zero attached hydrogens (tertiary/aromatic N) is 4. The molecule has 2 heterocycles. The molecule has 0 saturated carbocycles. The topological polar surface area (TPSA) is 98.9 Å². The maximum Gasteiger partial charge on any atom is 0.332 e. The molecule has 0 aliphatic rings. The molecule has 0 radical (unpaired) electrons. The number of hydrogen-bond acceptors (Lipinski definition) is 6. The summed E-state index contributed by atoms with van der Waals surface area (Å²) in [6, 6.07) is 9.10. The first-order valence-corrected chi connectivity index (χ1v) is 8.79. The maximum absolute atomic E-state index is 12.5. The minimum atomic E-state index is -0.478. The third kappa shape index (κ3) is 3.38. The van der Waals surface area contributed by atoms with E-state index in [1.165, 1.54) is 11.6 Å². The molecule has 0 saturated heterocycles. The predicted molar refractivity (Wildman–Crippen MR) is 101 cm³/mol. The number of aryl methyl sites for hydroxylation is 2. The quantitative estimate of drug-likeness (QED) is 0.544. The fourth-order valence-electron chi connectivity index (χ4n) is 2.49. The minimum absolute atomic E-state index is 0.0758. The molecule has 0 bridgehead atoms. The second-order valence-corrected chi connectivity index (χ2v) is 6.65. The van der Waals surface area contributed by atoms with Crippen LogP contribution in [0, 0.1) is 6.92 Å². The fourth-order valence-corrected chi connectivity index (χ4v) is 3.35. The Morgan fingerprint density at radius 1 is 1.12 bits per heavy atom. The molecule has 0 aliphatic carbocycles. The summed E-state index contributed by atoms with van der Waals surface area (Å²) in [7, 11) is 2.95. The molecular weight excluding hydrogens is 354 g/mol. The van der Waals surface area contributed by atoms with Crippen LogP contribution in [-0.2, 0) is 18.9 Å². The minimum Gasteiger partial charge on any atom is -0.325 e. The molecule has 134 valence electrons. The Labute approximate surface area is 152 Å². The molecule has 0 fully saturated rings. The van der Waals surface area contributed by atoms with E-state index in [0.717, 1.165) is 16.3 Å². The van der Waals surface area contributed by atoms with E-state index in [-0.39, 0.29) is 22.7 Å². The number of nitrogens with one attached hydrogen (secondary N) is 1. The third-order valence-corrected chi connectivity index (χ3v) is 4.75. The van der Waals surface area contributed by atoms with Crippen LogP contribution in [0.5, 0.6) is 0 Å². The smallest absolute Gasteiger partial charge is 0.325 e. The Morgan fingerprint density at radius 2 is 1.81 bits per heavy atom. The summed E-state index contributed by atoms with van der Waals surface area (Å²) in [4.78, 5) is 45.3. The lowest BCUT2D eigenvalue weighted by Gasteiger charge is -2.10. The molecule has 3 aromatic rings. The number of fused-ring (bicyclic) bond motifs is 1. The largest absolute Gasteiger partial charge is 0.332 e. The summed E-state index contributed by atoms with van der Waals surface area (Å²) >= 11 is 1.14. The first kappa shape index (κ1) is 17.9. The molecular formula is C17H17N5O3S. The molecule has 26 heavy (non-hydrogen) atoms. The van der Waals surface area contributed by atoms with Crippen molar-refractivity contribution < 1.29 is 4.79 Å². The van der Waals surface area contributed by atoms with Crippen molar-refractivity contribution in [2.45, 2.75) is 11.9 Å². The molecule has 9 heteroatoms. The van der Waals surface area contributed by atoms with Crippen LogP contribution >= 0.6 is 11.8 Å². The third-order valence-electron chi connectivity index (χ3n) is 3.78. The number of hydrogen-bond donors (Lipinski definition) is 1. The number of anilines is 1. The van der Waals surface area contributed by atoms with Crippen molar-refractivity contribution in [3.8, 4) is 0 Å². The van der Waals surface area contributed by atoms with Crippen LogP contribution in [0.15, 0.2) is 44.9 Å². The Bertz CT molecular complexity index is 1110. The Morgan fingerprint density at radius 3 is 2.50 bits per heavy atom. The van der Waals surface area contributed by atoms with Crippen LogP contribution in [0.25, 0.3) is 11.0 Å². The number of rotatable bonds is 4. The van der Waals surface area contributed by atoms with E-state index in [0.29, 0.717) is 16.5 Å². The summed E-state index contributed by atoms with van der Waals surface area (Å²) in [6.07, 6.45) is 0. The standard InChI is InChI=1S/C17H17N5O3S/c1-10-18-14-13(16(24)22(3)17(25)21(14)2)15(19-10)26-9-12(23)20-11-7-5-4-6-8-11/h4-8H,9H2,1-3H3,(H,20,23). The second-order valence-electron chi connectivity index (χ2n) is 5.68. The number of carbonyl (C=O) groups excluding carboxylic acids is 1. The lowest BCUT2D eigenvalue weighted by atomic mass is 10.3. The Kier molecular flexibility index (Phi) is 4.90. The van der Waals surface area contributed by atoms with Gasteiger partial charge in [-0.3, -0.25) is 18.7 Å². The molecule has 1 amide bonds. The molecule has 0 aliphatic heterocycles. The van der Waals surface area contributed by atoms with Gasteiger partial charge in [-0.25, -0.2) is 14.8 Å². The van der Waals surface area contributed by atoms with Crippen molar-refractivity contribution >= 4 is 34.4 Å². The lowest BCUT2D eigenvalue weighted by molar-refractivity contribution is -0.113. The number of benzene rings is 1. The average Bonchev–Trinajstić information content (AvgIpc) is 2.63. The molecule has 1 N–H and O–H groups in total. The van der Waals surface area contributed by atoms with Crippen LogP contribution in [0.4, 0.5) is 5.69 Å². The van der Waals surface area contributed by atoms with E-state index >= 15 is 0 Å². The Balaban J connectivity index is 1.94. The lowest BCUT2D eigenvalue weighted by Crippen LogP contribution is -2.37. The van der Waals surface area contributed by atoms with Crippen molar-refractivity contribution in [2.75, 3.05) is 11.1 Å². The summed E-state index contributed by atoms with van der Waals surface area (Å²) in [5, 5.41) is 3.40. The Hall–Kier alpha value is -2.94. The average molecular weight is 371 g/mol. The van der Waals surface area contributed by atoms with Gasteiger partial charge in [0, 0.05) is 19.8 Å². The van der Waals surface area contributed by atoms with Crippen LogP contribution in [0.2, 0.25) is 0 Å². The molecule has 8 nitrogen and oxygen atoms in total. The number of amides is 1. The van der Waals surface area contributed by atoms with Crippen LogP contribution in [0.1, 0.15) is 5.82 Å². The highest BCUT2D eigenvalue weighted by Gasteiger charge is 2.17. The van der Waals surface area contributed by atoms with Gasteiger partial charge in [0.25, 0.3) is 5.56 Å². The molecule has 1 aromatic carbocycles. The summed E-state index contributed by atoms with van der Waals surface area (Å²) < 4.78 is 2.31. The maximum atomic E-state index is 12.5. The van der Waals surface area contributed by atoms with Crippen molar-refractivity contribution in [2.24, 2.45) is 14.1 Å². The van der Waals surface area contributed by atoms with Gasteiger partial charge >= 0.3 is 5.69 Å². The number of carbonyl (C=O) groups is 1. The number of para-hydroxylation sites is 1. The van der Waals surface area contributed by atoms with E-state index in [1.807, 2.05) is 18.2 Å². The van der Waals surface area contributed by atoms with E-state index in [2.05, 4.69) is 15.3 Å². The van der Waals surface area contributed by atoms with Gasteiger partial charge in [-0.05, 0) is 19.1 Å². The van der Waals surface area contributed by atoms with Gasteiger partial charge in [0.2, 0.25) is 5.91 Å². The summed E-state index contributed by atoms with van der Waals surface area (Å²) in [5.41, 5.74) is 0.0177. The van der Waals surface area contributed by atoms with Crippen molar-refractivity contribution in [1.29, 1.82) is 0 Å². The van der Waals surface area contributed by atoms with Crippen molar-refractivity contribution in [1.82, 2.24) is 19.1 Å². The van der Waals surface area contributed by atoms with Gasteiger partial charge in [-0.2, -0.15) is 0 Å². The predicted octanol–water partition coefficient (Wildman–Crippen LogP) is 1.07. The number of aromatic nitrogens is 4. The van der Waals surface area contributed by atoms with Crippen molar-refractivity contribution in [3.63, 3.8) is 0 Å². The molecule has 2 aromatic heterocycles. The molecule has 0 atom stereocenters. The van der Waals surface area contributed by atoms with Gasteiger partial charge < -0.3 is 5.32 Å². The zero-order valence-electron chi connectivity index (χ0n) is 14.5. The SMILES string of the molecule is Cc1nc(SCC(=O)Nc2ccccc2)c2c(=O)n(C)c(=O)n(C)c2n1. The second kappa shape index (κ2) is 7.12. The first-order chi connectivity index (χ1) is 12.4. The van der Waals surface area contributed by atoms with Crippen LogP contribution in [-0.4, -0.2) is 30.8 Å². The highest BCUT2D eigenvalue weighted by molar-refractivity contribution is 8.00. The molecule has 3 rings (SSSR count). The van der Waals surface area contributed by atoms with Crippen molar-refractivity contribution in [3.05, 3.63) is 57.0 Å². The van der Waals surface area contributed by atoms with Gasteiger partial charge in [0.15, 0.2) is 5.65 Å². The van der Waals surface area contributed by atoms with E-state index in [4.69, 9.17) is 0 Å². The normalized spacial score (nSPS) is 10.9. The molecule has 0 spiro atoms. The zero-order chi connectivity index (χ0) is 18.8. The first-order valence-electron chi connectivity index (χ1n) is 7.80. The fraction of sp³-hybridized carbons (Fsp3) is 0.235. The summed E-state index contributed by atoms with van der Waals surface area (Å²) in [5.74, 6) is 0.283. The molecule has 0 unspecified atom stereocenters. The van der Waals surface area contributed by atoms with Gasteiger partial charge in [-0.1, -0.05) is 30.0 Å². The van der Waals surface area contributed by atoms with E-state index < -0.39 is 11.2 Å². The van der Waals surface area contributed by atoms with E-state index in [1.54, 1.807) is 26.1 Å². The highest BCUT2D eigenvalue weighted by Crippen LogP contribution is 2.22. The van der Waals surface area contributed by atoms with E-state index in [9.17, 15) is 14.4 Å².